The van der Waals surface area contributed by atoms with E-state index >= 15 is 0 Å². The summed E-state index contributed by atoms with van der Waals surface area (Å²) in [7, 11) is 1.62. The maximum absolute atomic E-state index is 11.8. The third-order valence-electron chi connectivity index (χ3n) is 2.48. The Bertz CT molecular complexity index is 551. The second-order valence-corrected chi connectivity index (χ2v) is 4.97. The summed E-state index contributed by atoms with van der Waals surface area (Å²) in [5, 5.41) is 3.74. The van der Waals surface area contributed by atoms with E-state index in [0.29, 0.717) is 11.4 Å². The number of benzene rings is 1. The Morgan fingerprint density at radius 1 is 1.44 bits per heavy atom. The summed E-state index contributed by atoms with van der Waals surface area (Å²) >= 11 is 1.39. The van der Waals surface area contributed by atoms with E-state index in [4.69, 9.17) is 4.74 Å². The van der Waals surface area contributed by atoms with Crippen molar-refractivity contribution in [3.05, 3.63) is 45.9 Å². The van der Waals surface area contributed by atoms with Crippen LogP contribution < -0.4 is 10.1 Å². The SMILES string of the molecule is COc1ccccc1CNC(=O)c1cnc(C)s1. The molecule has 0 aliphatic carbocycles. The number of methoxy groups -OCH3 is 1. The van der Waals surface area contributed by atoms with Crippen molar-refractivity contribution in [2.45, 2.75) is 13.5 Å². The molecule has 0 unspecified atom stereocenters. The van der Waals surface area contributed by atoms with Gasteiger partial charge in [-0.25, -0.2) is 4.98 Å². The Balaban J connectivity index is 2.01. The van der Waals surface area contributed by atoms with Crippen LogP contribution in [0.2, 0.25) is 0 Å². The number of hydrogen-bond acceptors (Lipinski definition) is 4. The maximum atomic E-state index is 11.8. The highest BCUT2D eigenvalue weighted by Crippen LogP contribution is 2.17. The van der Waals surface area contributed by atoms with Crippen LogP contribution in [0.3, 0.4) is 0 Å². The highest BCUT2D eigenvalue weighted by Gasteiger charge is 2.09. The van der Waals surface area contributed by atoms with Gasteiger partial charge in [-0.05, 0) is 13.0 Å². The molecule has 0 aliphatic heterocycles. The van der Waals surface area contributed by atoms with Crippen molar-refractivity contribution < 1.29 is 9.53 Å². The summed E-state index contributed by atoms with van der Waals surface area (Å²) in [5.41, 5.74) is 0.953. The molecule has 2 rings (SSSR count). The fourth-order valence-corrected chi connectivity index (χ4v) is 2.27. The third-order valence-corrected chi connectivity index (χ3v) is 3.39. The third kappa shape index (κ3) is 2.87. The molecule has 0 fully saturated rings. The quantitative estimate of drug-likeness (QED) is 0.920. The predicted octanol–water partition coefficient (Wildman–Crippen LogP) is 2.39. The first-order chi connectivity index (χ1) is 8.70. The lowest BCUT2D eigenvalue weighted by molar-refractivity contribution is 0.0954. The first-order valence-electron chi connectivity index (χ1n) is 5.53. The fraction of sp³-hybridized carbons (Fsp3) is 0.231. The molecule has 4 nitrogen and oxygen atoms in total. The Labute approximate surface area is 110 Å². The number of aromatic nitrogens is 1. The van der Waals surface area contributed by atoms with Gasteiger partial charge >= 0.3 is 0 Å². The van der Waals surface area contributed by atoms with Gasteiger partial charge < -0.3 is 10.1 Å². The minimum absolute atomic E-state index is 0.105. The van der Waals surface area contributed by atoms with Crippen molar-refractivity contribution in [3.63, 3.8) is 0 Å². The molecule has 0 bridgehead atoms. The second-order valence-electron chi connectivity index (χ2n) is 3.74. The molecule has 0 radical (unpaired) electrons. The Kier molecular flexibility index (Phi) is 3.94. The van der Waals surface area contributed by atoms with E-state index in [2.05, 4.69) is 10.3 Å². The summed E-state index contributed by atoms with van der Waals surface area (Å²) in [4.78, 5) is 16.5. The molecule has 2 aromatic rings. The van der Waals surface area contributed by atoms with Crippen molar-refractivity contribution in [1.82, 2.24) is 10.3 Å². The maximum Gasteiger partial charge on any atom is 0.263 e. The molecule has 0 aliphatic rings. The van der Waals surface area contributed by atoms with Gasteiger partial charge in [0.25, 0.3) is 5.91 Å². The number of hydrogen-bond donors (Lipinski definition) is 1. The minimum atomic E-state index is -0.105. The van der Waals surface area contributed by atoms with Crippen molar-refractivity contribution in [2.24, 2.45) is 0 Å². The van der Waals surface area contributed by atoms with Gasteiger partial charge in [0.15, 0.2) is 0 Å². The van der Waals surface area contributed by atoms with E-state index < -0.39 is 0 Å². The van der Waals surface area contributed by atoms with E-state index in [0.717, 1.165) is 16.3 Å². The number of rotatable bonds is 4. The number of ether oxygens (including phenoxy) is 1. The molecule has 1 aromatic carbocycles. The predicted molar refractivity (Wildman–Crippen MR) is 71.0 cm³/mol. The number of para-hydroxylation sites is 1. The zero-order valence-corrected chi connectivity index (χ0v) is 11.1. The first kappa shape index (κ1) is 12.6. The van der Waals surface area contributed by atoms with E-state index in [9.17, 15) is 4.79 Å². The first-order valence-corrected chi connectivity index (χ1v) is 6.35. The second kappa shape index (κ2) is 5.64. The largest absolute Gasteiger partial charge is 0.496 e. The van der Waals surface area contributed by atoms with Gasteiger partial charge in [-0.2, -0.15) is 0 Å². The van der Waals surface area contributed by atoms with Crippen LogP contribution in [0.5, 0.6) is 5.75 Å². The average molecular weight is 262 g/mol. The lowest BCUT2D eigenvalue weighted by atomic mass is 10.2. The van der Waals surface area contributed by atoms with Crippen LogP contribution in [0.1, 0.15) is 20.2 Å². The molecule has 1 amide bonds. The standard InChI is InChI=1S/C13H14N2O2S/c1-9-14-8-12(18-9)13(16)15-7-10-5-3-4-6-11(10)17-2/h3-6,8H,7H2,1-2H3,(H,15,16). The zero-order valence-electron chi connectivity index (χ0n) is 10.3. The molecular formula is C13H14N2O2S. The molecule has 0 saturated carbocycles. The topological polar surface area (TPSA) is 51.2 Å². The summed E-state index contributed by atoms with van der Waals surface area (Å²) in [6, 6.07) is 7.62. The minimum Gasteiger partial charge on any atom is -0.496 e. The number of nitrogens with zero attached hydrogens (tertiary/aromatic N) is 1. The fourth-order valence-electron chi connectivity index (χ4n) is 1.58. The highest BCUT2D eigenvalue weighted by molar-refractivity contribution is 7.13. The summed E-state index contributed by atoms with van der Waals surface area (Å²) in [6.07, 6.45) is 1.59. The number of amides is 1. The van der Waals surface area contributed by atoms with Crippen LogP contribution in [-0.2, 0) is 6.54 Å². The molecule has 0 atom stereocenters. The number of nitrogens with one attached hydrogen (secondary N) is 1. The van der Waals surface area contributed by atoms with Crippen LogP contribution in [0.4, 0.5) is 0 Å². The highest BCUT2D eigenvalue weighted by atomic mass is 32.1. The Morgan fingerprint density at radius 2 is 2.22 bits per heavy atom. The van der Waals surface area contributed by atoms with Gasteiger partial charge in [0.1, 0.15) is 10.6 Å². The van der Waals surface area contributed by atoms with E-state index in [-0.39, 0.29) is 5.91 Å². The van der Waals surface area contributed by atoms with Crippen LogP contribution in [-0.4, -0.2) is 18.0 Å². The Hall–Kier alpha value is -1.88. The number of carbonyl (C=O) groups excluding carboxylic acids is 1. The van der Waals surface area contributed by atoms with Crippen molar-refractivity contribution in [2.75, 3.05) is 7.11 Å². The van der Waals surface area contributed by atoms with Gasteiger partial charge in [0.2, 0.25) is 0 Å². The molecule has 5 heteroatoms. The summed E-state index contributed by atoms with van der Waals surface area (Å²) in [6.45, 7) is 2.32. The molecule has 1 aromatic heterocycles. The normalized spacial score (nSPS) is 10.1. The van der Waals surface area contributed by atoms with E-state index in [1.54, 1.807) is 13.3 Å². The van der Waals surface area contributed by atoms with Crippen molar-refractivity contribution in [1.29, 1.82) is 0 Å². The molecule has 0 spiro atoms. The monoisotopic (exact) mass is 262 g/mol. The molecule has 1 N–H and O–H groups in total. The molecule has 0 saturated heterocycles. The number of carbonyl (C=O) groups is 1. The van der Waals surface area contributed by atoms with Crippen LogP contribution in [0.25, 0.3) is 0 Å². The average Bonchev–Trinajstić information content (AvgIpc) is 2.83. The molecule has 94 valence electrons. The van der Waals surface area contributed by atoms with Gasteiger partial charge in [-0.15, -0.1) is 11.3 Å². The van der Waals surface area contributed by atoms with E-state index in [1.165, 1.54) is 11.3 Å². The van der Waals surface area contributed by atoms with Crippen LogP contribution in [0, 0.1) is 6.92 Å². The van der Waals surface area contributed by atoms with Gasteiger partial charge in [-0.3, -0.25) is 4.79 Å². The van der Waals surface area contributed by atoms with Crippen LogP contribution in [0.15, 0.2) is 30.5 Å². The van der Waals surface area contributed by atoms with E-state index in [1.807, 2.05) is 31.2 Å². The number of aryl methyl sites for hydroxylation is 1. The van der Waals surface area contributed by atoms with Crippen molar-refractivity contribution in [3.8, 4) is 5.75 Å². The molecular weight excluding hydrogens is 248 g/mol. The number of thiazole rings is 1. The lowest BCUT2D eigenvalue weighted by Crippen LogP contribution is -2.22. The molecule has 1 heterocycles. The van der Waals surface area contributed by atoms with Crippen molar-refractivity contribution >= 4 is 17.2 Å². The van der Waals surface area contributed by atoms with Gasteiger partial charge in [0.05, 0.1) is 18.3 Å². The summed E-state index contributed by atoms with van der Waals surface area (Å²) < 4.78 is 5.23. The molecule has 18 heavy (non-hydrogen) atoms. The Morgan fingerprint density at radius 3 is 2.89 bits per heavy atom. The van der Waals surface area contributed by atoms with Gasteiger partial charge in [-0.1, -0.05) is 18.2 Å². The summed E-state index contributed by atoms with van der Waals surface area (Å²) in [5.74, 6) is 0.671. The van der Waals surface area contributed by atoms with Gasteiger partial charge in [0, 0.05) is 12.1 Å². The van der Waals surface area contributed by atoms with Crippen LogP contribution >= 0.6 is 11.3 Å². The smallest absolute Gasteiger partial charge is 0.263 e. The lowest BCUT2D eigenvalue weighted by Gasteiger charge is -2.08. The zero-order chi connectivity index (χ0) is 13.0.